The quantitative estimate of drug-likeness (QED) is 0.0329. The van der Waals surface area contributed by atoms with Crippen LogP contribution in [0.15, 0.2) is 23.3 Å². The van der Waals surface area contributed by atoms with Crippen LogP contribution in [0.1, 0.15) is 58.3 Å². The zero-order chi connectivity index (χ0) is 43.1. The number of aliphatic hydroxyl groups is 11. The van der Waals surface area contributed by atoms with Gasteiger partial charge in [0.1, 0.15) is 92.2 Å². The number of aldehydes is 1. The number of rotatable bonds is 10. The molecule has 0 aromatic carbocycles. The Morgan fingerprint density at radius 3 is 2.13 bits per heavy atom. The first-order valence-electron chi connectivity index (χ1n) is 20.9. The Balaban J connectivity index is 0.880. The third-order valence-corrected chi connectivity index (χ3v) is 15.4. The first-order chi connectivity index (χ1) is 28.5. The lowest BCUT2D eigenvalue weighted by molar-refractivity contribution is -0.460. The summed E-state index contributed by atoms with van der Waals surface area (Å²) >= 11 is 0. The lowest BCUT2D eigenvalue weighted by Crippen LogP contribution is -2.68. The van der Waals surface area contributed by atoms with Crippen LogP contribution < -0.4 is 0 Å². The highest BCUT2D eigenvalue weighted by molar-refractivity contribution is 5.85. The summed E-state index contributed by atoms with van der Waals surface area (Å²) in [6, 6.07) is 0. The van der Waals surface area contributed by atoms with Gasteiger partial charge in [-0.25, -0.2) is 14.6 Å². The highest BCUT2D eigenvalue weighted by atomic mass is 17.2. The fourth-order valence-corrected chi connectivity index (χ4v) is 12.0. The van der Waals surface area contributed by atoms with Crippen LogP contribution in [0.2, 0.25) is 0 Å². The predicted octanol–water partition coefficient (Wildman–Crippen LogP) is -3.87. The van der Waals surface area contributed by atoms with Crippen LogP contribution in [0.3, 0.4) is 0 Å². The van der Waals surface area contributed by atoms with Crippen LogP contribution in [0, 0.1) is 28.6 Å². The van der Waals surface area contributed by atoms with Crippen LogP contribution in [-0.2, 0) is 43.0 Å². The van der Waals surface area contributed by atoms with E-state index in [1.165, 1.54) is 0 Å². The third kappa shape index (κ3) is 7.13. The van der Waals surface area contributed by atoms with Crippen molar-refractivity contribution in [2.45, 2.75) is 162 Å². The fraction of sp³-hybridized carbons (Fsp3) is 0.850. The van der Waals surface area contributed by atoms with Crippen molar-refractivity contribution in [1.29, 1.82) is 0 Å². The SMILES string of the molecule is C[C@]12CC[C@H]3[C@@H](CCC4=C[C@@H](O[C@@H]5OC[C@@H](OO[C@@H]6O[C@H](CO)[C@@H](O)[C@H](OC7[C@H](O)[C@H](O)C(O)[C@H](O)[C@H]7O)[C@H]6O)[C@H](O)[C@H]5O)CC[C@@]43C=O)[C@@]1(O)CC[C@@H]2C1=CC(=O)OC1. The number of aliphatic hydroxyl groups excluding tert-OH is 10. The average molecular weight is 859 g/mol. The Morgan fingerprint density at radius 1 is 0.767 bits per heavy atom. The Kier molecular flexibility index (Phi) is 12.5. The van der Waals surface area contributed by atoms with Gasteiger partial charge in [0.25, 0.3) is 0 Å². The molecule has 4 saturated carbocycles. The summed E-state index contributed by atoms with van der Waals surface area (Å²) in [5.74, 6) is -0.545. The second-order valence-corrected chi connectivity index (χ2v) is 18.3. The molecule has 3 heterocycles. The van der Waals surface area contributed by atoms with Crippen LogP contribution in [-0.4, -0.2) is 192 Å². The third-order valence-electron chi connectivity index (χ3n) is 15.4. The molecule has 8 rings (SSSR count). The van der Waals surface area contributed by atoms with E-state index in [9.17, 15) is 65.8 Å². The van der Waals surface area contributed by atoms with Gasteiger partial charge in [0.2, 0.25) is 6.29 Å². The van der Waals surface area contributed by atoms with Gasteiger partial charge in [-0.3, -0.25) is 0 Å². The Bertz CT molecular complexity index is 1650. The summed E-state index contributed by atoms with van der Waals surface area (Å²) in [4.78, 5) is 35.6. The molecule has 0 radical (unpaired) electrons. The maximum atomic E-state index is 13.1. The molecule has 20 heteroatoms. The summed E-state index contributed by atoms with van der Waals surface area (Å²) in [6.45, 7) is 1.13. The minimum Gasteiger partial charge on any atom is -0.458 e. The van der Waals surface area contributed by atoms with Crippen molar-refractivity contribution >= 4 is 12.3 Å². The van der Waals surface area contributed by atoms with Crippen molar-refractivity contribution in [3.05, 3.63) is 23.3 Å². The minimum atomic E-state index is -1.98. The van der Waals surface area contributed by atoms with Gasteiger partial charge in [-0.15, -0.1) is 0 Å². The second-order valence-electron chi connectivity index (χ2n) is 18.3. The van der Waals surface area contributed by atoms with Crippen LogP contribution in [0.5, 0.6) is 0 Å². The molecular formula is C40H58O20. The van der Waals surface area contributed by atoms with E-state index < -0.39 is 128 Å². The maximum absolute atomic E-state index is 13.1. The van der Waals surface area contributed by atoms with E-state index >= 15 is 0 Å². The van der Waals surface area contributed by atoms with Gasteiger partial charge in [0.05, 0.1) is 30.3 Å². The number of carbonyl (C=O) groups is 2. The summed E-state index contributed by atoms with van der Waals surface area (Å²) < 4.78 is 28.1. The zero-order valence-electron chi connectivity index (χ0n) is 33.1. The zero-order valence-corrected chi connectivity index (χ0v) is 33.1. The molecule has 0 aromatic heterocycles. The van der Waals surface area contributed by atoms with E-state index in [1.807, 2.05) is 6.08 Å². The van der Waals surface area contributed by atoms with Gasteiger partial charge in [-0.2, -0.15) is 0 Å². The Morgan fingerprint density at radius 2 is 1.47 bits per heavy atom. The molecule has 11 N–H and O–H groups in total. The van der Waals surface area contributed by atoms with Crippen molar-refractivity contribution in [3.63, 3.8) is 0 Å². The molecule has 8 aliphatic rings. The van der Waals surface area contributed by atoms with Gasteiger partial charge < -0.3 is 84.7 Å². The van der Waals surface area contributed by atoms with Crippen LogP contribution in [0.25, 0.3) is 0 Å². The summed E-state index contributed by atoms with van der Waals surface area (Å²) in [6.07, 6.45) is -17.9. The molecule has 338 valence electrons. The van der Waals surface area contributed by atoms with E-state index in [0.717, 1.165) is 30.3 Å². The molecule has 2 unspecified atom stereocenters. The van der Waals surface area contributed by atoms with Crippen molar-refractivity contribution in [1.82, 2.24) is 0 Å². The van der Waals surface area contributed by atoms with Crippen molar-refractivity contribution in [2.75, 3.05) is 19.8 Å². The van der Waals surface area contributed by atoms with Crippen LogP contribution in [0.4, 0.5) is 0 Å². The minimum absolute atomic E-state index is 0.0202. The van der Waals surface area contributed by atoms with Gasteiger partial charge in [0.15, 0.2) is 6.29 Å². The summed E-state index contributed by atoms with van der Waals surface area (Å²) in [7, 11) is 0. The largest absolute Gasteiger partial charge is 0.458 e. The molecule has 60 heavy (non-hydrogen) atoms. The number of fused-ring (bicyclic) bond motifs is 5. The van der Waals surface area contributed by atoms with Gasteiger partial charge in [-0.1, -0.05) is 18.6 Å². The Labute approximate surface area is 344 Å². The first-order valence-corrected chi connectivity index (χ1v) is 20.9. The fourth-order valence-electron chi connectivity index (χ4n) is 12.0. The number of ether oxygens (including phenoxy) is 5. The van der Waals surface area contributed by atoms with E-state index in [0.29, 0.717) is 38.5 Å². The smallest absolute Gasteiger partial charge is 0.331 e. The number of hydrogen-bond acceptors (Lipinski definition) is 20. The highest BCUT2D eigenvalue weighted by Crippen LogP contribution is 2.69. The number of hydrogen-bond donors (Lipinski definition) is 11. The monoisotopic (exact) mass is 858 g/mol. The molecule has 0 spiro atoms. The average Bonchev–Trinajstić information content (AvgIpc) is 3.79. The number of carbonyl (C=O) groups excluding carboxylic acids is 2. The molecule has 5 aliphatic carbocycles. The van der Waals surface area contributed by atoms with Crippen molar-refractivity contribution in [3.8, 4) is 0 Å². The summed E-state index contributed by atoms with van der Waals surface area (Å²) in [5, 5.41) is 117. The topological polar surface area (TPSA) is 321 Å². The highest BCUT2D eigenvalue weighted by Gasteiger charge is 2.68. The first kappa shape index (κ1) is 44.5. The standard InChI is InChI=1S/C40H58O20/c1-38-7-5-20-21(40(38,53)9-6-19(38)16-10-24(43)54-13-16)3-2-17-11-18(4-8-39(17,20)15-42)56-36-32(51)25(44)23(14-55-36)59-60-37-33(52)34(26(45)22(12-41)57-37)58-35-30(49)28(47)27(46)29(48)31(35)50/h10-11,15,18-23,25-37,41,44-53H,2-9,12-14H2,1H3/t18-,19+,20-,21+,22+,23+,25-,26+,27?,28-,29+,30+,31+,32+,33+,34-,35?,36-,37-,38+,39+,40-/m0/s1. The van der Waals surface area contributed by atoms with Crippen LogP contribution >= 0.6 is 0 Å². The number of esters is 1. The summed E-state index contributed by atoms with van der Waals surface area (Å²) in [5.41, 5.74) is -0.432. The van der Waals surface area contributed by atoms with E-state index in [4.69, 9.17) is 33.5 Å². The lowest BCUT2D eigenvalue weighted by Gasteiger charge is -2.61. The Hall–Kier alpha value is -2.06. The second kappa shape index (κ2) is 16.8. The molecule has 0 amide bonds. The normalized spacial score (nSPS) is 53.0. The van der Waals surface area contributed by atoms with Gasteiger partial charge >= 0.3 is 5.97 Å². The van der Waals surface area contributed by atoms with Gasteiger partial charge in [0, 0.05) is 11.5 Å². The molecule has 22 atom stereocenters. The lowest BCUT2D eigenvalue weighted by atomic mass is 9.45. The van der Waals surface area contributed by atoms with Crippen molar-refractivity contribution in [2.24, 2.45) is 28.6 Å². The van der Waals surface area contributed by atoms with E-state index in [-0.39, 0.29) is 30.3 Å². The van der Waals surface area contributed by atoms with Gasteiger partial charge in [-0.05, 0) is 74.7 Å². The number of allylic oxidation sites excluding steroid dienone is 1. The molecule has 2 saturated heterocycles. The predicted molar refractivity (Wildman–Crippen MR) is 195 cm³/mol. The maximum Gasteiger partial charge on any atom is 0.331 e. The van der Waals surface area contributed by atoms with Crippen molar-refractivity contribution < 1.29 is 99.2 Å². The molecular weight excluding hydrogens is 800 g/mol. The molecule has 20 nitrogen and oxygen atoms in total. The van der Waals surface area contributed by atoms with E-state index in [1.54, 1.807) is 6.08 Å². The molecule has 0 aromatic rings. The molecule has 0 bridgehead atoms. The van der Waals surface area contributed by atoms with E-state index in [2.05, 4.69) is 6.92 Å². The molecule has 3 aliphatic heterocycles. The molecule has 6 fully saturated rings. The number of cyclic esters (lactones) is 1.